The fourth-order valence-corrected chi connectivity index (χ4v) is 1.91. The quantitative estimate of drug-likeness (QED) is 0.835. The van der Waals surface area contributed by atoms with E-state index in [0.717, 1.165) is 18.4 Å². The molecule has 0 spiro atoms. The molecule has 0 heterocycles. The smallest absolute Gasteiger partial charge is 0.253 e. The van der Waals surface area contributed by atoms with Gasteiger partial charge >= 0.3 is 0 Å². The van der Waals surface area contributed by atoms with Gasteiger partial charge in [0.1, 0.15) is 0 Å². The Morgan fingerprint density at radius 2 is 1.88 bits per heavy atom. The Hall–Kier alpha value is -1.35. The molecule has 0 bridgehead atoms. The van der Waals surface area contributed by atoms with E-state index in [1.54, 1.807) is 19.0 Å². The van der Waals surface area contributed by atoms with Crippen LogP contribution in [0.15, 0.2) is 24.3 Å². The molecule has 1 N–H and O–H groups in total. The molecule has 1 saturated carbocycles. The van der Waals surface area contributed by atoms with E-state index >= 15 is 0 Å². The predicted molar refractivity (Wildman–Crippen MR) is 62.5 cm³/mol. The molecule has 1 aliphatic rings. The van der Waals surface area contributed by atoms with Gasteiger partial charge in [-0.2, -0.15) is 0 Å². The first-order valence-electron chi connectivity index (χ1n) is 5.52. The van der Waals surface area contributed by atoms with Gasteiger partial charge in [0.15, 0.2) is 0 Å². The lowest BCUT2D eigenvalue weighted by Gasteiger charge is -2.14. The number of hydrogen-bond acceptors (Lipinski definition) is 2. The van der Waals surface area contributed by atoms with E-state index in [2.05, 4.69) is 0 Å². The second-order valence-electron chi connectivity index (χ2n) is 4.72. The van der Waals surface area contributed by atoms with Crippen LogP contribution < -0.4 is 0 Å². The third kappa shape index (κ3) is 1.83. The third-order valence-corrected chi connectivity index (χ3v) is 3.31. The number of carbonyl (C=O) groups excluding carboxylic acids is 1. The summed E-state index contributed by atoms with van der Waals surface area (Å²) in [4.78, 5) is 13.2. The number of hydrogen-bond donors (Lipinski definition) is 1. The normalized spacial score (nSPS) is 16.9. The van der Waals surface area contributed by atoms with Crippen LogP contribution in [0.4, 0.5) is 0 Å². The monoisotopic (exact) mass is 219 g/mol. The van der Waals surface area contributed by atoms with Crippen molar-refractivity contribution < 1.29 is 9.90 Å². The third-order valence-electron chi connectivity index (χ3n) is 3.31. The molecule has 0 atom stereocenters. The number of carbonyl (C=O) groups is 1. The van der Waals surface area contributed by atoms with Gasteiger partial charge < -0.3 is 10.0 Å². The molecular weight excluding hydrogens is 202 g/mol. The first-order valence-corrected chi connectivity index (χ1v) is 5.52. The van der Waals surface area contributed by atoms with Gasteiger partial charge in [0.05, 0.1) is 6.61 Å². The van der Waals surface area contributed by atoms with Gasteiger partial charge in [-0.3, -0.25) is 4.79 Å². The number of aliphatic hydroxyl groups is 1. The highest BCUT2D eigenvalue weighted by molar-refractivity contribution is 5.93. The Kier molecular flexibility index (Phi) is 2.72. The maximum Gasteiger partial charge on any atom is 0.253 e. The van der Waals surface area contributed by atoms with Crippen LogP contribution in [0.3, 0.4) is 0 Å². The van der Waals surface area contributed by atoms with Crippen molar-refractivity contribution >= 4 is 5.91 Å². The van der Waals surface area contributed by atoms with Crippen LogP contribution in [0.2, 0.25) is 0 Å². The van der Waals surface area contributed by atoms with Gasteiger partial charge in [0, 0.05) is 25.1 Å². The van der Waals surface area contributed by atoms with E-state index in [-0.39, 0.29) is 17.9 Å². The highest BCUT2D eigenvalue weighted by atomic mass is 16.3. The van der Waals surface area contributed by atoms with Crippen molar-refractivity contribution in [2.75, 3.05) is 20.7 Å². The predicted octanol–water partition coefficient (Wildman–Crippen LogP) is 1.41. The molecule has 0 saturated heterocycles. The molecule has 0 aromatic heterocycles. The van der Waals surface area contributed by atoms with Crippen molar-refractivity contribution in [1.29, 1.82) is 0 Å². The van der Waals surface area contributed by atoms with Crippen molar-refractivity contribution in [3.63, 3.8) is 0 Å². The standard InChI is InChI=1S/C13H17NO2/c1-14(2)12(16)10-3-5-11(6-4-10)13(9-15)7-8-13/h3-6,15H,7-9H2,1-2H3. The Bertz CT molecular complexity index is 391. The summed E-state index contributed by atoms with van der Waals surface area (Å²) in [6.07, 6.45) is 2.09. The van der Waals surface area contributed by atoms with Crippen molar-refractivity contribution in [1.82, 2.24) is 4.90 Å². The highest BCUT2D eigenvalue weighted by Gasteiger charge is 2.43. The Morgan fingerprint density at radius 1 is 1.31 bits per heavy atom. The van der Waals surface area contributed by atoms with Gasteiger partial charge in [-0.1, -0.05) is 12.1 Å². The maximum absolute atomic E-state index is 11.7. The summed E-state index contributed by atoms with van der Waals surface area (Å²) in [6, 6.07) is 7.60. The molecule has 3 nitrogen and oxygen atoms in total. The van der Waals surface area contributed by atoms with Gasteiger partial charge in [-0.05, 0) is 30.5 Å². The minimum absolute atomic E-state index is 0.0142. The Balaban J connectivity index is 2.20. The molecule has 1 aromatic rings. The van der Waals surface area contributed by atoms with Gasteiger partial charge in [-0.15, -0.1) is 0 Å². The lowest BCUT2D eigenvalue weighted by atomic mass is 9.96. The lowest BCUT2D eigenvalue weighted by Crippen LogP contribution is -2.21. The second kappa shape index (κ2) is 3.91. The molecule has 16 heavy (non-hydrogen) atoms. The SMILES string of the molecule is CN(C)C(=O)c1ccc(C2(CO)CC2)cc1. The molecule has 86 valence electrons. The van der Waals surface area contributed by atoms with Crippen LogP contribution in [0.5, 0.6) is 0 Å². The summed E-state index contributed by atoms with van der Waals surface area (Å²) in [7, 11) is 3.48. The summed E-state index contributed by atoms with van der Waals surface area (Å²) < 4.78 is 0. The maximum atomic E-state index is 11.7. The van der Waals surface area contributed by atoms with Gasteiger partial charge in [-0.25, -0.2) is 0 Å². The number of rotatable bonds is 3. The summed E-state index contributed by atoms with van der Waals surface area (Å²) >= 11 is 0. The van der Waals surface area contributed by atoms with Gasteiger partial charge in [0.2, 0.25) is 0 Å². The molecule has 0 unspecified atom stereocenters. The number of benzene rings is 1. The fourth-order valence-electron chi connectivity index (χ4n) is 1.91. The second-order valence-corrected chi connectivity index (χ2v) is 4.72. The molecule has 0 aliphatic heterocycles. The summed E-state index contributed by atoms with van der Waals surface area (Å²) in [5, 5.41) is 9.30. The number of amides is 1. The molecule has 1 fully saturated rings. The van der Waals surface area contributed by atoms with Gasteiger partial charge in [0.25, 0.3) is 5.91 Å². The Morgan fingerprint density at radius 3 is 2.25 bits per heavy atom. The first-order chi connectivity index (χ1) is 7.59. The zero-order valence-corrected chi connectivity index (χ0v) is 9.73. The van der Waals surface area contributed by atoms with E-state index in [0.29, 0.717) is 5.56 Å². The number of aliphatic hydroxyl groups excluding tert-OH is 1. The zero-order chi connectivity index (χ0) is 11.8. The topological polar surface area (TPSA) is 40.5 Å². The fraction of sp³-hybridized carbons (Fsp3) is 0.462. The summed E-state index contributed by atoms with van der Waals surface area (Å²) in [5.74, 6) is 0.0143. The minimum Gasteiger partial charge on any atom is -0.395 e. The van der Waals surface area contributed by atoms with Crippen LogP contribution in [-0.4, -0.2) is 36.6 Å². The van der Waals surface area contributed by atoms with E-state index in [1.807, 2.05) is 24.3 Å². The first kappa shape index (κ1) is 11.1. The minimum atomic E-state index is -0.0142. The molecule has 2 rings (SSSR count). The largest absolute Gasteiger partial charge is 0.395 e. The molecule has 1 aliphatic carbocycles. The molecule has 0 radical (unpaired) electrons. The van der Waals surface area contributed by atoms with Crippen LogP contribution in [0, 0.1) is 0 Å². The van der Waals surface area contributed by atoms with Crippen molar-refractivity contribution in [2.45, 2.75) is 18.3 Å². The van der Waals surface area contributed by atoms with Crippen LogP contribution in [-0.2, 0) is 5.41 Å². The van der Waals surface area contributed by atoms with Crippen molar-refractivity contribution in [3.8, 4) is 0 Å². The summed E-state index contributed by atoms with van der Waals surface area (Å²) in [6.45, 7) is 0.202. The summed E-state index contributed by atoms with van der Waals surface area (Å²) in [5.41, 5.74) is 1.83. The van der Waals surface area contributed by atoms with E-state index in [9.17, 15) is 9.90 Å². The van der Waals surface area contributed by atoms with Crippen LogP contribution in [0.1, 0.15) is 28.8 Å². The Labute approximate surface area is 95.7 Å². The average Bonchev–Trinajstić information content (AvgIpc) is 3.09. The van der Waals surface area contributed by atoms with E-state index < -0.39 is 0 Å². The van der Waals surface area contributed by atoms with Crippen LogP contribution >= 0.6 is 0 Å². The van der Waals surface area contributed by atoms with Crippen molar-refractivity contribution in [3.05, 3.63) is 35.4 Å². The zero-order valence-electron chi connectivity index (χ0n) is 9.73. The molecular formula is C13H17NO2. The molecule has 1 amide bonds. The van der Waals surface area contributed by atoms with E-state index in [4.69, 9.17) is 0 Å². The molecule has 3 heteroatoms. The average molecular weight is 219 g/mol. The van der Waals surface area contributed by atoms with E-state index in [1.165, 1.54) is 0 Å². The molecule has 1 aromatic carbocycles. The van der Waals surface area contributed by atoms with Crippen LogP contribution in [0.25, 0.3) is 0 Å². The number of nitrogens with zero attached hydrogens (tertiary/aromatic N) is 1. The lowest BCUT2D eigenvalue weighted by molar-refractivity contribution is 0.0827. The highest BCUT2D eigenvalue weighted by Crippen LogP contribution is 2.47. The van der Waals surface area contributed by atoms with Crippen molar-refractivity contribution in [2.24, 2.45) is 0 Å².